The van der Waals surface area contributed by atoms with Crippen LogP contribution in [0.25, 0.3) is 0 Å². The quantitative estimate of drug-likeness (QED) is 0.850. The summed E-state index contributed by atoms with van der Waals surface area (Å²) in [6.45, 7) is 5.00. The molecule has 2 rings (SSSR count). The van der Waals surface area contributed by atoms with Crippen molar-refractivity contribution < 1.29 is 9.32 Å². The molecule has 1 amide bonds. The van der Waals surface area contributed by atoms with E-state index in [0.717, 1.165) is 12.0 Å². The molecule has 0 saturated heterocycles. The normalized spacial score (nSPS) is 10.5. The Balaban J connectivity index is 2.16. The fourth-order valence-corrected chi connectivity index (χ4v) is 2.05. The number of nitrogens with zero attached hydrogens (tertiary/aromatic N) is 2. The third kappa shape index (κ3) is 3.38. The summed E-state index contributed by atoms with van der Waals surface area (Å²) in [5.74, 6) is 0.134. The number of nitrogens with two attached hydrogens (primary N) is 1. The van der Waals surface area contributed by atoms with Gasteiger partial charge in [-0.1, -0.05) is 24.2 Å². The van der Waals surface area contributed by atoms with Crippen molar-refractivity contribution >= 4 is 11.6 Å². The lowest BCUT2D eigenvalue weighted by Crippen LogP contribution is -2.31. The molecule has 2 aromatic rings. The maximum Gasteiger partial charge on any atom is 0.292 e. The van der Waals surface area contributed by atoms with E-state index in [-0.39, 0.29) is 11.7 Å². The number of nitrogen functional groups attached to an aromatic ring is 1. The molecule has 0 radical (unpaired) electrons. The largest absolute Gasteiger partial charge is 0.399 e. The van der Waals surface area contributed by atoms with Gasteiger partial charge in [0.1, 0.15) is 0 Å². The molecule has 5 nitrogen and oxygen atoms in total. The van der Waals surface area contributed by atoms with E-state index >= 15 is 0 Å². The van der Waals surface area contributed by atoms with Gasteiger partial charge in [0.05, 0.1) is 5.69 Å². The first kappa shape index (κ1) is 14.1. The molecule has 0 fully saturated rings. The summed E-state index contributed by atoms with van der Waals surface area (Å²) in [4.78, 5) is 14.1. The summed E-state index contributed by atoms with van der Waals surface area (Å²) in [5, 5.41) is 3.76. The number of carbonyl (C=O) groups is 1. The summed E-state index contributed by atoms with van der Waals surface area (Å²) in [7, 11) is 0. The average molecular weight is 273 g/mol. The topological polar surface area (TPSA) is 72.4 Å². The Labute approximate surface area is 118 Å². The van der Waals surface area contributed by atoms with Crippen LogP contribution in [0, 0.1) is 6.92 Å². The molecule has 1 aromatic heterocycles. The van der Waals surface area contributed by atoms with Crippen LogP contribution in [0.15, 0.2) is 34.9 Å². The van der Waals surface area contributed by atoms with Crippen LogP contribution in [0.1, 0.15) is 35.2 Å². The lowest BCUT2D eigenvalue weighted by Gasteiger charge is -2.21. The van der Waals surface area contributed by atoms with Crippen LogP contribution in [0.3, 0.4) is 0 Å². The van der Waals surface area contributed by atoms with E-state index in [1.54, 1.807) is 17.9 Å². The second kappa shape index (κ2) is 6.23. The number of hydrogen-bond acceptors (Lipinski definition) is 4. The number of rotatable bonds is 5. The van der Waals surface area contributed by atoms with E-state index in [9.17, 15) is 4.79 Å². The van der Waals surface area contributed by atoms with Gasteiger partial charge in [-0.15, -0.1) is 0 Å². The molecule has 5 heteroatoms. The molecular formula is C15H19N3O2. The van der Waals surface area contributed by atoms with E-state index in [1.807, 2.05) is 31.2 Å². The van der Waals surface area contributed by atoms with Crippen molar-refractivity contribution in [2.45, 2.75) is 26.8 Å². The Kier molecular flexibility index (Phi) is 4.40. The van der Waals surface area contributed by atoms with Crippen LogP contribution in [0.2, 0.25) is 0 Å². The van der Waals surface area contributed by atoms with Crippen LogP contribution in [0.4, 0.5) is 5.69 Å². The van der Waals surface area contributed by atoms with Crippen LogP contribution >= 0.6 is 0 Å². The monoisotopic (exact) mass is 273 g/mol. The predicted octanol–water partition coefficient (Wildman–Crippen LogP) is 2.62. The van der Waals surface area contributed by atoms with Crippen molar-refractivity contribution in [3.05, 3.63) is 47.3 Å². The van der Waals surface area contributed by atoms with E-state index < -0.39 is 0 Å². The molecule has 20 heavy (non-hydrogen) atoms. The second-order valence-electron chi connectivity index (χ2n) is 4.80. The van der Waals surface area contributed by atoms with E-state index in [4.69, 9.17) is 10.3 Å². The lowest BCUT2D eigenvalue weighted by atomic mass is 10.2. The van der Waals surface area contributed by atoms with Gasteiger partial charge < -0.3 is 15.2 Å². The van der Waals surface area contributed by atoms with Crippen molar-refractivity contribution in [2.24, 2.45) is 0 Å². The first-order valence-electron chi connectivity index (χ1n) is 6.67. The Morgan fingerprint density at radius 2 is 2.20 bits per heavy atom. The zero-order valence-electron chi connectivity index (χ0n) is 11.8. The van der Waals surface area contributed by atoms with Crippen molar-refractivity contribution in [3.63, 3.8) is 0 Å². The first-order valence-corrected chi connectivity index (χ1v) is 6.67. The van der Waals surface area contributed by atoms with E-state index in [2.05, 4.69) is 5.16 Å². The van der Waals surface area contributed by atoms with Gasteiger partial charge in [0.15, 0.2) is 0 Å². The summed E-state index contributed by atoms with van der Waals surface area (Å²) in [6.07, 6.45) is 0.876. The SMILES string of the molecule is CCCN(Cc1cccc(N)c1)C(=O)c1cc(C)no1. The third-order valence-corrected chi connectivity index (χ3v) is 2.94. The minimum atomic E-state index is -0.144. The molecule has 0 bridgehead atoms. The first-order chi connectivity index (χ1) is 9.60. The number of carbonyl (C=O) groups excluding carboxylic acids is 1. The minimum absolute atomic E-state index is 0.144. The fourth-order valence-electron chi connectivity index (χ4n) is 2.05. The van der Waals surface area contributed by atoms with Crippen LogP contribution in [0.5, 0.6) is 0 Å². The summed E-state index contributed by atoms with van der Waals surface area (Å²) in [5.41, 5.74) is 8.17. The number of anilines is 1. The minimum Gasteiger partial charge on any atom is -0.399 e. The van der Waals surface area contributed by atoms with Crippen LogP contribution < -0.4 is 5.73 Å². The van der Waals surface area contributed by atoms with Gasteiger partial charge in [0.25, 0.3) is 5.91 Å². The number of aromatic nitrogens is 1. The van der Waals surface area contributed by atoms with Gasteiger partial charge in [0.2, 0.25) is 5.76 Å². The van der Waals surface area contributed by atoms with Gasteiger partial charge in [-0.2, -0.15) is 0 Å². The smallest absolute Gasteiger partial charge is 0.292 e. The predicted molar refractivity (Wildman–Crippen MR) is 77.1 cm³/mol. The third-order valence-electron chi connectivity index (χ3n) is 2.94. The molecule has 1 aromatic carbocycles. The standard InChI is InChI=1S/C15H19N3O2/c1-3-7-18(10-12-5-4-6-13(16)9-12)15(19)14-8-11(2)17-20-14/h4-6,8-9H,3,7,10,16H2,1-2H3. The molecule has 0 aliphatic rings. The molecular weight excluding hydrogens is 254 g/mol. The molecule has 0 spiro atoms. The number of aryl methyl sites for hydroxylation is 1. The lowest BCUT2D eigenvalue weighted by molar-refractivity contribution is 0.0701. The van der Waals surface area contributed by atoms with Gasteiger partial charge in [-0.05, 0) is 31.0 Å². The molecule has 1 heterocycles. The van der Waals surface area contributed by atoms with Gasteiger partial charge in [0, 0.05) is 24.8 Å². The Morgan fingerprint density at radius 3 is 2.80 bits per heavy atom. The van der Waals surface area contributed by atoms with Gasteiger partial charge in [-0.25, -0.2) is 0 Å². The Hall–Kier alpha value is -2.30. The molecule has 0 atom stereocenters. The van der Waals surface area contributed by atoms with Crippen molar-refractivity contribution in [1.82, 2.24) is 10.1 Å². The fraction of sp³-hybridized carbons (Fsp3) is 0.333. The van der Waals surface area contributed by atoms with Crippen LogP contribution in [-0.4, -0.2) is 22.5 Å². The van der Waals surface area contributed by atoms with Crippen molar-refractivity contribution in [2.75, 3.05) is 12.3 Å². The molecule has 0 saturated carbocycles. The molecule has 0 unspecified atom stereocenters. The van der Waals surface area contributed by atoms with Crippen molar-refractivity contribution in [1.29, 1.82) is 0 Å². The number of benzene rings is 1. The highest BCUT2D eigenvalue weighted by atomic mass is 16.5. The highest BCUT2D eigenvalue weighted by Gasteiger charge is 2.19. The number of hydrogen-bond donors (Lipinski definition) is 1. The maximum absolute atomic E-state index is 12.4. The highest BCUT2D eigenvalue weighted by Crippen LogP contribution is 2.13. The zero-order chi connectivity index (χ0) is 14.5. The maximum atomic E-state index is 12.4. The molecule has 2 N–H and O–H groups in total. The van der Waals surface area contributed by atoms with E-state index in [0.29, 0.717) is 24.5 Å². The number of amides is 1. The highest BCUT2D eigenvalue weighted by molar-refractivity contribution is 5.91. The van der Waals surface area contributed by atoms with Gasteiger partial charge >= 0.3 is 0 Å². The van der Waals surface area contributed by atoms with Crippen LogP contribution in [-0.2, 0) is 6.54 Å². The molecule has 106 valence electrons. The zero-order valence-corrected chi connectivity index (χ0v) is 11.8. The van der Waals surface area contributed by atoms with E-state index in [1.165, 1.54) is 0 Å². The summed E-state index contributed by atoms with van der Waals surface area (Å²) < 4.78 is 5.05. The molecule has 0 aliphatic carbocycles. The Morgan fingerprint density at radius 1 is 1.40 bits per heavy atom. The second-order valence-corrected chi connectivity index (χ2v) is 4.80. The van der Waals surface area contributed by atoms with Gasteiger partial charge in [-0.3, -0.25) is 4.79 Å². The molecule has 0 aliphatic heterocycles. The Bertz CT molecular complexity index is 592. The summed E-state index contributed by atoms with van der Waals surface area (Å²) >= 11 is 0. The average Bonchev–Trinajstić information content (AvgIpc) is 2.84. The summed E-state index contributed by atoms with van der Waals surface area (Å²) in [6, 6.07) is 9.21. The van der Waals surface area contributed by atoms with Crippen molar-refractivity contribution in [3.8, 4) is 0 Å².